The van der Waals surface area contributed by atoms with E-state index in [1.54, 1.807) is 0 Å². The van der Waals surface area contributed by atoms with E-state index in [-0.39, 0.29) is 6.03 Å². The van der Waals surface area contributed by atoms with Gasteiger partial charge in [-0.05, 0) is 46.0 Å². The molecule has 2 amide bonds. The molecular formula is C11H20N2O. The van der Waals surface area contributed by atoms with Gasteiger partial charge in [0.25, 0.3) is 0 Å². The third kappa shape index (κ3) is 2.02. The highest BCUT2D eigenvalue weighted by molar-refractivity contribution is 5.75. The van der Waals surface area contributed by atoms with Gasteiger partial charge in [0.2, 0.25) is 0 Å². The second-order valence-electron chi connectivity index (χ2n) is 4.76. The fourth-order valence-corrected chi connectivity index (χ4v) is 2.30. The van der Waals surface area contributed by atoms with Crippen LogP contribution in [0.3, 0.4) is 0 Å². The number of urea groups is 1. The minimum absolute atomic E-state index is 0.159. The molecule has 0 radical (unpaired) electrons. The molecule has 2 atom stereocenters. The molecule has 0 aromatic heterocycles. The molecule has 1 saturated carbocycles. The van der Waals surface area contributed by atoms with E-state index >= 15 is 0 Å². The number of likely N-dealkylation sites (tertiary alicyclic amines) is 1. The molecule has 14 heavy (non-hydrogen) atoms. The Hall–Kier alpha value is -0.730. The van der Waals surface area contributed by atoms with Gasteiger partial charge in [0.05, 0.1) is 0 Å². The molecule has 1 N–H and O–H groups in total. The van der Waals surface area contributed by atoms with Gasteiger partial charge in [-0.3, -0.25) is 0 Å². The smallest absolute Gasteiger partial charge is 0.318 e. The molecule has 2 fully saturated rings. The van der Waals surface area contributed by atoms with Crippen LogP contribution in [0.2, 0.25) is 0 Å². The van der Waals surface area contributed by atoms with Crippen LogP contribution >= 0.6 is 0 Å². The molecule has 1 aliphatic carbocycles. The average molecular weight is 196 g/mol. The average Bonchev–Trinajstić information content (AvgIpc) is 2.87. The Balaban J connectivity index is 1.93. The van der Waals surface area contributed by atoms with Crippen LogP contribution in [-0.4, -0.2) is 29.1 Å². The van der Waals surface area contributed by atoms with E-state index < -0.39 is 0 Å². The van der Waals surface area contributed by atoms with Crippen LogP contribution in [-0.2, 0) is 0 Å². The van der Waals surface area contributed by atoms with Gasteiger partial charge in [-0.15, -0.1) is 0 Å². The molecule has 1 aliphatic heterocycles. The third-order valence-corrected chi connectivity index (χ3v) is 3.33. The van der Waals surface area contributed by atoms with Crippen LogP contribution in [0.25, 0.3) is 0 Å². The first-order chi connectivity index (χ1) is 6.68. The van der Waals surface area contributed by atoms with Gasteiger partial charge in [-0.2, -0.15) is 0 Å². The maximum atomic E-state index is 11.9. The molecule has 3 nitrogen and oxygen atoms in total. The molecule has 0 aromatic rings. The number of carbonyl (C=O) groups is 1. The van der Waals surface area contributed by atoms with Crippen LogP contribution in [0, 0.1) is 0 Å². The number of rotatable bonds is 1. The molecule has 2 rings (SSSR count). The zero-order valence-electron chi connectivity index (χ0n) is 9.12. The Kier molecular flexibility index (Phi) is 2.66. The number of nitrogens with one attached hydrogen (secondary N) is 1. The monoisotopic (exact) mass is 196 g/mol. The van der Waals surface area contributed by atoms with Crippen molar-refractivity contribution in [1.29, 1.82) is 0 Å². The van der Waals surface area contributed by atoms with Crippen molar-refractivity contribution in [2.75, 3.05) is 0 Å². The minimum atomic E-state index is 0.159. The summed E-state index contributed by atoms with van der Waals surface area (Å²) in [5.74, 6) is 0. The quantitative estimate of drug-likeness (QED) is 0.684. The van der Waals surface area contributed by atoms with E-state index in [1.807, 2.05) is 4.90 Å². The van der Waals surface area contributed by atoms with Crippen LogP contribution in [0.15, 0.2) is 0 Å². The molecule has 0 aromatic carbocycles. The van der Waals surface area contributed by atoms with Crippen molar-refractivity contribution in [2.24, 2.45) is 0 Å². The van der Waals surface area contributed by atoms with Gasteiger partial charge in [0.1, 0.15) is 0 Å². The number of carbonyl (C=O) groups excluding carboxylic acids is 1. The van der Waals surface area contributed by atoms with Gasteiger partial charge < -0.3 is 10.2 Å². The largest absolute Gasteiger partial charge is 0.335 e. The fourth-order valence-electron chi connectivity index (χ4n) is 2.30. The van der Waals surface area contributed by atoms with E-state index in [4.69, 9.17) is 0 Å². The number of nitrogens with zero attached hydrogens (tertiary/aromatic N) is 1. The van der Waals surface area contributed by atoms with Gasteiger partial charge in [0.15, 0.2) is 0 Å². The first kappa shape index (κ1) is 9.81. The van der Waals surface area contributed by atoms with Crippen molar-refractivity contribution < 1.29 is 4.79 Å². The Labute approximate surface area is 85.8 Å². The summed E-state index contributed by atoms with van der Waals surface area (Å²) in [4.78, 5) is 13.9. The highest BCUT2D eigenvalue weighted by Crippen LogP contribution is 2.24. The normalized spacial score (nSPS) is 32.9. The maximum Gasteiger partial charge on any atom is 0.318 e. The van der Waals surface area contributed by atoms with Crippen LogP contribution in [0.1, 0.15) is 46.0 Å². The lowest BCUT2D eigenvalue weighted by Gasteiger charge is -2.38. The number of hydrogen-bond acceptors (Lipinski definition) is 1. The second-order valence-corrected chi connectivity index (χ2v) is 4.76. The van der Waals surface area contributed by atoms with Gasteiger partial charge in [-0.1, -0.05) is 0 Å². The Morgan fingerprint density at radius 3 is 2.21 bits per heavy atom. The molecular weight excluding hydrogens is 176 g/mol. The molecule has 0 unspecified atom stereocenters. The molecule has 2 aliphatic rings. The standard InChI is InChI=1S/C11H20N2O/c1-8-4-3-5-9(2)13(8)11(14)12-10-6-7-10/h8-10H,3-7H2,1-2H3,(H,12,14)/t8-,9+. The van der Waals surface area contributed by atoms with E-state index in [2.05, 4.69) is 19.2 Å². The topological polar surface area (TPSA) is 32.3 Å². The Morgan fingerprint density at radius 2 is 1.71 bits per heavy atom. The Bertz CT molecular complexity index is 215. The fraction of sp³-hybridized carbons (Fsp3) is 0.909. The lowest BCUT2D eigenvalue weighted by molar-refractivity contribution is 0.123. The molecule has 3 heteroatoms. The number of hydrogen-bond donors (Lipinski definition) is 1. The first-order valence-corrected chi connectivity index (χ1v) is 5.77. The van der Waals surface area contributed by atoms with Crippen LogP contribution < -0.4 is 5.32 Å². The third-order valence-electron chi connectivity index (χ3n) is 3.33. The summed E-state index contributed by atoms with van der Waals surface area (Å²) >= 11 is 0. The van der Waals surface area contributed by atoms with Gasteiger partial charge in [0, 0.05) is 18.1 Å². The van der Waals surface area contributed by atoms with Crippen molar-refractivity contribution in [3.05, 3.63) is 0 Å². The second kappa shape index (κ2) is 3.79. The van der Waals surface area contributed by atoms with Gasteiger partial charge in [-0.25, -0.2) is 4.79 Å². The predicted molar refractivity (Wildman–Crippen MR) is 56.2 cm³/mol. The Morgan fingerprint density at radius 1 is 1.14 bits per heavy atom. The maximum absolute atomic E-state index is 11.9. The van der Waals surface area contributed by atoms with E-state index in [1.165, 1.54) is 19.3 Å². The summed E-state index contributed by atoms with van der Waals surface area (Å²) in [5.41, 5.74) is 0. The first-order valence-electron chi connectivity index (χ1n) is 5.77. The summed E-state index contributed by atoms with van der Waals surface area (Å²) in [6.45, 7) is 4.31. The highest BCUT2D eigenvalue weighted by atomic mass is 16.2. The summed E-state index contributed by atoms with van der Waals surface area (Å²) in [6, 6.07) is 1.46. The lowest BCUT2D eigenvalue weighted by Crippen LogP contribution is -2.52. The van der Waals surface area contributed by atoms with E-state index in [9.17, 15) is 4.79 Å². The zero-order chi connectivity index (χ0) is 10.1. The predicted octanol–water partition coefficient (Wildman–Crippen LogP) is 2.12. The highest BCUT2D eigenvalue weighted by Gasteiger charge is 2.32. The molecule has 0 spiro atoms. The van der Waals surface area contributed by atoms with Crippen molar-refractivity contribution in [1.82, 2.24) is 10.2 Å². The van der Waals surface area contributed by atoms with Crippen LogP contribution in [0.4, 0.5) is 4.79 Å². The molecule has 0 bridgehead atoms. The lowest BCUT2D eigenvalue weighted by atomic mass is 9.98. The van der Waals surface area contributed by atoms with Gasteiger partial charge >= 0.3 is 6.03 Å². The summed E-state index contributed by atoms with van der Waals surface area (Å²) < 4.78 is 0. The molecule has 1 heterocycles. The van der Waals surface area contributed by atoms with Crippen LogP contribution in [0.5, 0.6) is 0 Å². The number of piperidine rings is 1. The summed E-state index contributed by atoms with van der Waals surface area (Å²) in [6.07, 6.45) is 5.91. The van der Waals surface area contributed by atoms with Crippen molar-refractivity contribution >= 4 is 6.03 Å². The molecule has 80 valence electrons. The number of amides is 2. The summed E-state index contributed by atoms with van der Waals surface area (Å²) in [5, 5.41) is 3.07. The zero-order valence-corrected chi connectivity index (χ0v) is 9.12. The molecule has 1 saturated heterocycles. The van der Waals surface area contributed by atoms with Crippen molar-refractivity contribution in [3.63, 3.8) is 0 Å². The minimum Gasteiger partial charge on any atom is -0.335 e. The SMILES string of the molecule is C[C@@H]1CCC[C@H](C)N1C(=O)NC1CC1. The van der Waals surface area contributed by atoms with E-state index in [0.717, 1.165) is 12.8 Å². The summed E-state index contributed by atoms with van der Waals surface area (Å²) in [7, 11) is 0. The van der Waals surface area contributed by atoms with Crippen molar-refractivity contribution in [2.45, 2.75) is 64.1 Å². The van der Waals surface area contributed by atoms with Crippen molar-refractivity contribution in [3.8, 4) is 0 Å². The van der Waals surface area contributed by atoms with E-state index in [0.29, 0.717) is 18.1 Å².